The van der Waals surface area contributed by atoms with Crippen molar-refractivity contribution in [2.24, 2.45) is 0 Å². The molecular weight excluding hydrogens is 228 g/mol. The Morgan fingerprint density at radius 1 is 1.50 bits per heavy atom. The maximum atomic E-state index is 9.33. The number of nitrogens with zero attached hydrogens (tertiary/aromatic N) is 2. The number of rotatable bonds is 4. The summed E-state index contributed by atoms with van der Waals surface area (Å²) in [6.07, 6.45) is 2.27. The number of aryl methyl sites for hydroxylation is 1. The number of hydrogen-bond donors (Lipinski definition) is 1. The molecule has 2 heterocycles. The zero-order chi connectivity index (χ0) is 13.0. The molecule has 1 unspecified atom stereocenters. The van der Waals surface area contributed by atoms with Gasteiger partial charge in [0.05, 0.1) is 19.3 Å². The van der Waals surface area contributed by atoms with Crippen LogP contribution < -0.4 is 4.90 Å². The molecule has 0 radical (unpaired) electrons. The van der Waals surface area contributed by atoms with Crippen LogP contribution in [0.5, 0.6) is 0 Å². The van der Waals surface area contributed by atoms with Crippen molar-refractivity contribution in [2.75, 3.05) is 24.6 Å². The Morgan fingerprint density at radius 2 is 2.33 bits per heavy atom. The fourth-order valence-electron chi connectivity index (χ4n) is 2.30. The van der Waals surface area contributed by atoms with Gasteiger partial charge < -0.3 is 14.7 Å². The van der Waals surface area contributed by atoms with Gasteiger partial charge in [0.1, 0.15) is 5.82 Å². The molecule has 1 aliphatic rings. The van der Waals surface area contributed by atoms with E-state index in [1.54, 1.807) is 0 Å². The van der Waals surface area contributed by atoms with Crippen molar-refractivity contribution in [1.82, 2.24) is 4.98 Å². The molecule has 100 valence electrons. The van der Waals surface area contributed by atoms with Crippen molar-refractivity contribution >= 4 is 5.82 Å². The minimum atomic E-state index is 0.0755. The Bertz CT molecular complexity index is 395. The van der Waals surface area contributed by atoms with E-state index in [1.807, 2.05) is 12.1 Å². The van der Waals surface area contributed by atoms with Crippen molar-refractivity contribution in [3.8, 4) is 0 Å². The van der Waals surface area contributed by atoms with E-state index in [0.717, 1.165) is 49.6 Å². The predicted molar refractivity (Wildman–Crippen MR) is 71.8 cm³/mol. The lowest BCUT2D eigenvalue weighted by atomic mass is 10.1. The number of aliphatic hydroxyl groups is 1. The van der Waals surface area contributed by atoms with Gasteiger partial charge in [-0.2, -0.15) is 0 Å². The summed E-state index contributed by atoms with van der Waals surface area (Å²) < 4.78 is 5.55. The molecule has 1 aromatic rings. The van der Waals surface area contributed by atoms with E-state index in [2.05, 4.69) is 23.7 Å². The summed E-state index contributed by atoms with van der Waals surface area (Å²) in [5.74, 6) is 0.972. The van der Waals surface area contributed by atoms with Crippen LogP contribution in [0.15, 0.2) is 12.1 Å². The van der Waals surface area contributed by atoms with Gasteiger partial charge in [-0.1, -0.05) is 13.3 Å². The van der Waals surface area contributed by atoms with Gasteiger partial charge in [0.15, 0.2) is 0 Å². The zero-order valence-corrected chi connectivity index (χ0v) is 11.2. The van der Waals surface area contributed by atoms with Gasteiger partial charge >= 0.3 is 0 Å². The molecule has 0 amide bonds. The number of aromatic nitrogens is 1. The largest absolute Gasteiger partial charge is 0.392 e. The molecule has 0 aliphatic carbocycles. The summed E-state index contributed by atoms with van der Waals surface area (Å²) in [5, 5.41) is 9.33. The first-order valence-corrected chi connectivity index (χ1v) is 6.70. The normalized spacial score (nSPS) is 20.2. The third-order valence-corrected chi connectivity index (χ3v) is 3.18. The lowest BCUT2D eigenvalue weighted by Gasteiger charge is -2.32. The van der Waals surface area contributed by atoms with Crippen molar-refractivity contribution in [2.45, 2.75) is 39.4 Å². The minimum Gasteiger partial charge on any atom is -0.392 e. The molecule has 1 fully saturated rings. The summed E-state index contributed by atoms with van der Waals surface area (Å²) in [5.41, 5.74) is 2.01. The van der Waals surface area contributed by atoms with Crippen LogP contribution in [-0.2, 0) is 17.8 Å². The maximum Gasteiger partial charge on any atom is 0.129 e. The van der Waals surface area contributed by atoms with Crippen molar-refractivity contribution in [1.29, 1.82) is 0 Å². The van der Waals surface area contributed by atoms with Gasteiger partial charge in [-0.25, -0.2) is 4.98 Å². The molecule has 2 rings (SSSR count). The molecule has 4 nitrogen and oxygen atoms in total. The van der Waals surface area contributed by atoms with Gasteiger partial charge in [0.25, 0.3) is 0 Å². The van der Waals surface area contributed by atoms with Crippen LogP contribution in [0.1, 0.15) is 31.5 Å². The second-order valence-electron chi connectivity index (χ2n) is 4.86. The van der Waals surface area contributed by atoms with Crippen molar-refractivity contribution in [3.63, 3.8) is 0 Å². The smallest absolute Gasteiger partial charge is 0.129 e. The molecular formula is C14H22N2O2. The van der Waals surface area contributed by atoms with Crippen LogP contribution >= 0.6 is 0 Å². The highest BCUT2D eigenvalue weighted by Gasteiger charge is 2.18. The number of pyridine rings is 1. The van der Waals surface area contributed by atoms with Crippen LogP contribution in [-0.4, -0.2) is 35.9 Å². The van der Waals surface area contributed by atoms with Crippen LogP contribution in [0.25, 0.3) is 0 Å². The Hall–Kier alpha value is -1.13. The summed E-state index contributed by atoms with van der Waals surface area (Å²) >= 11 is 0. The molecule has 1 atom stereocenters. The molecule has 0 saturated carbocycles. The zero-order valence-electron chi connectivity index (χ0n) is 11.2. The molecule has 1 aliphatic heterocycles. The van der Waals surface area contributed by atoms with E-state index in [9.17, 15) is 5.11 Å². The van der Waals surface area contributed by atoms with E-state index in [4.69, 9.17) is 4.74 Å². The highest BCUT2D eigenvalue weighted by Crippen LogP contribution is 2.19. The van der Waals surface area contributed by atoms with Crippen LogP contribution in [0.2, 0.25) is 0 Å². The molecule has 0 spiro atoms. The molecule has 0 bridgehead atoms. The second kappa shape index (κ2) is 6.16. The summed E-state index contributed by atoms with van der Waals surface area (Å²) in [4.78, 5) is 6.93. The third kappa shape index (κ3) is 3.21. The summed E-state index contributed by atoms with van der Waals surface area (Å²) in [6.45, 7) is 6.78. The van der Waals surface area contributed by atoms with Crippen LogP contribution in [0, 0.1) is 0 Å². The molecule has 0 aromatic carbocycles. The fourth-order valence-corrected chi connectivity index (χ4v) is 2.30. The van der Waals surface area contributed by atoms with E-state index in [0.29, 0.717) is 0 Å². The van der Waals surface area contributed by atoms with Crippen molar-refractivity contribution in [3.05, 3.63) is 23.4 Å². The molecule has 18 heavy (non-hydrogen) atoms. The Labute approximate surface area is 109 Å². The van der Waals surface area contributed by atoms with Gasteiger partial charge in [0.2, 0.25) is 0 Å². The maximum absolute atomic E-state index is 9.33. The monoisotopic (exact) mass is 250 g/mol. The van der Waals surface area contributed by atoms with Crippen LogP contribution in [0.4, 0.5) is 5.82 Å². The first kappa shape index (κ1) is 13.3. The molecule has 1 aromatic heterocycles. The molecule has 4 heteroatoms. The van der Waals surface area contributed by atoms with E-state index < -0.39 is 0 Å². The number of ether oxygens (including phenoxy) is 1. The van der Waals surface area contributed by atoms with E-state index >= 15 is 0 Å². The van der Waals surface area contributed by atoms with Crippen LogP contribution in [0.3, 0.4) is 0 Å². The Kier molecular flexibility index (Phi) is 4.55. The van der Waals surface area contributed by atoms with E-state index in [1.165, 1.54) is 0 Å². The van der Waals surface area contributed by atoms with Gasteiger partial charge in [0, 0.05) is 18.8 Å². The van der Waals surface area contributed by atoms with Gasteiger partial charge in [-0.15, -0.1) is 0 Å². The third-order valence-electron chi connectivity index (χ3n) is 3.18. The number of anilines is 1. The average Bonchev–Trinajstić information content (AvgIpc) is 2.39. The first-order valence-electron chi connectivity index (χ1n) is 6.70. The summed E-state index contributed by atoms with van der Waals surface area (Å²) in [7, 11) is 0. The number of hydrogen-bond acceptors (Lipinski definition) is 4. The van der Waals surface area contributed by atoms with Gasteiger partial charge in [-0.05, 0) is 31.0 Å². The quantitative estimate of drug-likeness (QED) is 0.884. The number of aliphatic hydroxyl groups excluding tert-OH is 1. The predicted octanol–water partition coefficient (Wildman–Crippen LogP) is 1.75. The number of morpholine rings is 1. The Balaban J connectivity index is 2.22. The second-order valence-corrected chi connectivity index (χ2v) is 4.86. The Morgan fingerprint density at radius 3 is 3.00 bits per heavy atom. The average molecular weight is 250 g/mol. The fraction of sp³-hybridized carbons (Fsp3) is 0.643. The minimum absolute atomic E-state index is 0.0755. The molecule has 1 N–H and O–H groups in total. The topological polar surface area (TPSA) is 45.6 Å². The van der Waals surface area contributed by atoms with Gasteiger partial charge in [-0.3, -0.25) is 0 Å². The van der Waals surface area contributed by atoms with Crippen molar-refractivity contribution < 1.29 is 9.84 Å². The standard InChI is InChI=1S/C14H22N2O2/c1-3-4-13-7-12(10-17)8-14(15-13)16-5-6-18-11(2)9-16/h7-8,11,17H,3-6,9-10H2,1-2H3. The highest BCUT2D eigenvalue weighted by molar-refractivity contribution is 5.43. The lowest BCUT2D eigenvalue weighted by molar-refractivity contribution is 0.0529. The molecule has 1 saturated heterocycles. The first-order chi connectivity index (χ1) is 8.72. The summed E-state index contributed by atoms with van der Waals surface area (Å²) in [6, 6.07) is 3.98. The lowest BCUT2D eigenvalue weighted by Crippen LogP contribution is -2.41. The highest BCUT2D eigenvalue weighted by atomic mass is 16.5. The SMILES string of the molecule is CCCc1cc(CO)cc(N2CCOC(C)C2)n1. The van der Waals surface area contributed by atoms with E-state index in [-0.39, 0.29) is 12.7 Å².